The van der Waals surface area contributed by atoms with E-state index < -0.39 is 183 Å². The number of rotatable bonds is 27. The first-order chi connectivity index (χ1) is 37.6. The van der Waals surface area contributed by atoms with Crippen molar-refractivity contribution in [3.63, 3.8) is 0 Å². The molecule has 0 amide bonds. The van der Waals surface area contributed by atoms with E-state index in [1.54, 1.807) is 14.2 Å². The molecular formula is C41H65B3N7O23P3S3+. The van der Waals surface area contributed by atoms with Crippen LogP contribution in [0.15, 0.2) is 21.6 Å². The molecule has 5 radical (unpaired) electrons. The molecular weight excluding hydrogens is 1180 g/mol. The zero-order valence-corrected chi connectivity index (χ0v) is 48.8. The number of nitrogens with one attached hydrogen (secondary N) is 1. The first-order valence-corrected chi connectivity index (χ1v) is 31.9. The van der Waals surface area contributed by atoms with E-state index in [0.717, 1.165) is 0 Å². The molecule has 0 aliphatic carbocycles. The van der Waals surface area contributed by atoms with Crippen molar-refractivity contribution >= 4 is 102 Å². The van der Waals surface area contributed by atoms with Gasteiger partial charge in [0.15, 0.2) is 60.2 Å². The van der Waals surface area contributed by atoms with E-state index in [9.17, 15) is 40.4 Å². The first kappa shape index (κ1) is 65.5. The standard InChI is InChI=1S/C41H64B3N7O23P3S3/c1-15(10-44-25-8-19(20(67-25)11-60-4)74-77(59,80)63-13-22-17(6-23(42)66-22)72-75(78)62-12-21-18(7-24(43)65-21)73-76(58,79)61-5)9-40(57)16(2)64-37(35(40)69-36-28(49-3)31(55)34-41(14-52,70-34)71-36)68-33-27(51-39(47)48)29(53)26(50-38(45)46)30(54)32(33)56/h9,16-25,28,31,34-37,49,52,55,57H,6-8,10-14H2,1-5H3,(H12-,45,46,47,48,50,51,53,54,56,58,59,79,80)/p+1. The molecule has 7 rings (SSSR count). The molecule has 21 unspecified atom stereocenters. The summed E-state index contributed by atoms with van der Waals surface area (Å²) in [6.07, 6.45) is -10.9. The zero-order chi connectivity index (χ0) is 58.8. The molecule has 17 N–H and O–H groups in total. The first-order valence-electron chi connectivity index (χ1n) is 24.6. The Labute approximate surface area is 479 Å². The third kappa shape index (κ3) is 15.5. The molecule has 1 aromatic carbocycles. The smallest absolute Gasteiger partial charge is 0.504 e. The van der Waals surface area contributed by atoms with Crippen LogP contribution in [0.25, 0.3) is 0 Å². The van der Waals surface area contributed by atoms with Crippen molar-refractivity contribution in [2.45, 2.75) is 148 Å². The van der Waals surface area contributed by atoms with Crippen molar-refractivity contribution in [3.05, 3.63) is 11.6 Å². The Bertz CT molecular complexity index is 2580. The highest BCUT2D eigenvalue weighted by Crippen LogP contribution is 2.58. The van der Waals surface area contributed by atoms with Crippen LogP contribution in [-0.2, 0) is 100 Å². The predicted octanol–water partition coefficient (Wildman–Crippen LogP) is -2.31. The highest BCUT2D eigenvalue weighted by molar-refractivity contribution is 8.07. The number of benzene rings is 1. The minimum Gasteiger partial charge on any atom is -0.504 e. The Morgan fingerprint density at radius 1 is 0.863 bits per heavy atom. The van der Waals surface area contributed by atoms with Crippen LogP contribution in [0.5, 0.6) is 23.0 Å². The van der Waals surface area contributed by atoms with Crippen molar-refractivity contribution in [3.8, 4) is 23.0 Å². The van der Waals surface area contributed by atoms with Crippen molar-refractivity contribution in [2.75, 3.05) is 47.7 Å². The maximum atomic E-state index is 12.7. The molecule has 6 aliphatic rings. The number of phenolic OH excluding ortho intramolecular Hbond substituents is 3. The van der Waals surface area contributed by atoms with E-state index in [2.05, 4.69) is 15.3 Å². The SMILES string of the molecule is [B]C1CC(O[P+](=S)OCC2OC([B])CC2OP(O)(=S)OC)C(COP(O)(=S)OC2CC([B]CC(C)=CC3(O)C(C)OC(Oc4c(O)c(O)c(N=C(N)N)c(O)c4N=C(N)N)C3OC3OC4(CO)OC4C(O)C3NC)OC2COC)O1. The summed E-state index contributed by atoms with van der Waals surface area (Å²) in [6, 6.07) is -3.16. The number of aromatic hydroxyl groups is 3. The summed E-state index contributed by atoms with van der Waals surface area (Å²) in [6.45, 7) is -5.48. The Kier molecular flexibility index (Phi) is 22.2. The highest BCUT2D eigenvalue weighted by atomic mass is 32.5. The van der Waals surface area contributed by atoms with Crippen molar-refractivity contribution < 1.29 is 110 Å². The van der Waals surface area contributed by atoms with E-state index in [1.165, 1.54) is 34.3 Å². The second kappa shape index (κ2) is 27.1. The summed E-state index contributed by atoms with van der Waals surface area (Å²) < 4.78 is 87.4. The molecule has 39 heteroatoms. The number of aliphatic hydroxyl groups excluding tert-OH is 2. The van der Waals surface area contributed by atoms with Crippen LogP contribution in [0, 0.1) is 0 Å². The van der Waals surface area contributed by atoms with E-state index in [1.807, 2.05) is 0 Å². The molecule has 0 bridgehead atoms. The number of aliphatic imine (C=N–C) groups is 2. The number of phenols is 3. The fraction of sp³-hybridized carbons (Fsp3) is 0.756. The van der Waals surface area contributed by atoms with Gasteiger partial charge in [-0.15, -0.1) is 9.05 Å². The van der Waals surface area contributed by atoms with Crippen molar-refractivity contribution in [2.24, 2.45) is 32.9 Å². The van der Waals surface area contributed by atoms with Gasteiger partial charge < -0.3 is 129 Å². The Balaban J connectivity index is 1.02. The zero-order valence-electron chi connectivity index (χ0n) is 43.7. The van der Waals surface area contributed by atoms with Gasteiger partial charge in [-0.25, -0.2) is 9.98 Å². The number of ether oxygens (including phenoxy) is 9. The number of guanidine groups is 2. The van der Waals surface area contributed by atoms with E-state index in [4.69, 9.17) is 144 Å². The lowest BCUT2D eigenvalue weighted by Crippen LogP contribution is -2.61. The highest BCUT2D eigenvalue weighted by Gasteiger charge is 2.70. The van der Waals surface area contributed by atoms with Gasteiger partial charge in [0, 0.05) is 32.2 Å². The lowest BCUT2D eigenvalue weighted by molar-refractivity contribution is -0.287. The summed E-state index contributed by atoms with van der Waals surface area (Å²) in [5.41, 5.74) is 19.2. The molecule has 21 atom stereocenters. The molecule has 0 aromatic heterocycles. The number of nitrogens with zero attached hydrogens (tertiary/aromatic N) is 2. The predicted molar refractivity (Wildman–Crippen MR) is 294 cm³/mol. The van der Waals surface area contributed by atoms with Crippen LogP contribution in [0.3, 0.4) is 0 Å². The quantitative estimate of drug-likeness (QED) is 0.00643. The Morgan fingerprint density at radius 3 is 2.10 bits per heavy atom. The molecule has 6 fully saturated rings. The van der Waals surface area contributed by atoms with Gasteiger partial charge in [0.2, 0.25) is 29.6 Å². The number of fused-ring (bicyclic) bond motifs is 1. The molecule has 1 aromatic rings. The molecule has 0 spiro atoms. The largest absolute Gasteiger partial charge is 0.522 e. The average molecular weight is 1250 g/mol. The molecule has 6 aliphatic heterocycles. The number of hydrogen-bond acceptors (Lipinski definition) is 27. The van der Waals surface area contributed by atoms with Crippen molar-refractivity contribution in [1.29, 1.82) is 0 Å². The monoisotopic (exact) mass is 1250 g/mol. The summed E-state index contributed by atoms with van der Waals surface area (Å²) >= 11 is 15.9. The van der Waals surface area contributed by atoms with Gasteiger partial charge in [0.1, 0.15) is 71.1 Å². The van der Waals surface area contributed by atoms with Gasteiger partial charge in [0.05, 0.1) is 37.6 Å². The van der Waals surface area contributed by atoms with Crippen molar-refractivity contribution in [1.82, 2.24) is 5.32 Å². The van der Waals surface area contributed by atoms with E-state index in [-0.39, 0.29) is 45.4 Å². The lowest BCUT2D eigenvalue weighted by Gasteiger charge is -2.40. The number of methoxy groups -OCH3 is 1. The summed E-state index contributed by atoms with van der Waals surface area (Å²) in [7, 11) is 16.0. The van der Waals surface area contributed by atoms with Crippen LogP contribution >= 0.6 is 20.6 Å². The van der Waals surface area contributed by atoms with E-state index >= 15 is 0 Å². The number of epoxide rings is 1. The minimum atomic E-state index is -4.03. The fourth-order valence-corrected chi connectivity index (χ4v) is 13.3. The number of nitrogens with two attached hydrogens (primary N) is 4. The topological polar surface area (TPSA) is 444 Å². The van der Waals surface area contributed by atoms with Gasteiger partial charge in [0.25, 0.3) is 0 Å². The summed E-state index contributed by atoms with van der Waals surface area (Å²) in [5.74, 6) is -6.81. The number of likely N-dealkylation sites (N-methyl/N-ethyl adjacent to an activating group) is 1. The fourth-order valence-electron chi connectivity index (χ4n) is 9.57. The molecule has 80 heavy (non-hydrogen) atoms. The third-order valence-electron chi connectivity index (χ3n) is 13.5. The second-order valence-electron chi connectivity index (χ2n) is 19.3. The summed E-state index contributed by atoms with van der Waals surface area (Å²) in [5, 5.41) is 70.4. The van der Waals surface area contributed by atoms with Gasteiger partial charge in [-0.3, -0.25) is 0 Å². The van der Waals surface area contributed by atoms with Gasteiger partial charge in [-0.2, -0.15) is 0 Å². The molecule has 443 valence electrons. The molecule has 0 saturated carbocycles. The normalized spacial score (nSPS) is 37.6. The van der Waals surface area contributed by atoms with Crippen LogP contribution in [0.2, 0.25) is 6.32 Å². The van der Waals surface area contributed by atoms with Gasteiger partial charge in [-0.1, -0.05) is 11.9 Å². The van der Waals surface area contributed by atoms with Gasteiger partial charge >= 0.3 is 20.6 Å². The second-order valence-corrected chi connectivity index (χ2v) is 26.8. The molecule has 30 nitrogen and oxygen atoms in total. The minimum absolute atomic E-state index is 0.0295. The van der Waals surface area contributed by atoms with Crippen LogP contribution in [0.1, 0.15) is 33.1 Å². The van der Waals surface area contributed by atoms with Crippen LogP contribution in [0.4, 0.5) is 11.4 Å². The van der Waals surface area contributed by atoms with Gasteiger partial charge in [-0.05, 0) is 69.8 Å². The molecule has 6 heterocycles. The van der Waals surface area contributed by atoms with Crippen LogP contribution in [-0.4, -0.2) is 232 Å². The maximum Gasteiger partial charge on any atom is 0.522 e. The average Bonchev–Trinajstić information content (AvgIpc) is 3.48. The third-order valence-corrected chi connectivity index (χ3v) is 18.2. The summed E-state index contributed by atoms with van der Waals surface area (Å²) in [4.78, 5) is 29.0. The Hall–Kier alpha value is -2.09. The molecule has 6 saturated heterocycles. The number of hydrogen-bond donors (Lipinski definition) is 13. The number of aliphatic hydroxyl groups is 3. The van der Waals surface area contributed by atoms with Crippen LogP contribution < -0.4 is 33.0 Å². The Morgan fingerprint density at radius 2 is 1.48 bits per heavy atom. The number of allylic oxidation sites excluding steroid dienone is 1. The van der Waals surface area contributed by atoms with E-state index in [0.29, 0.717) is 5.57 Å². The maximum absolute atomic E-state index is 12.7. The lowest BCUT2D eigenvalue weighted by atomic mass is 9.64.